The van der Waals surface area contributed by atoms with Gasteiger partial charge in [-0.1, -0.05) is 0 Å². The zero-order chi connectivity index (χ0) is 14.4. The highest BCUT2D eigenvalue weighted by molar-refractivity contribution is 7.07. The predicted molar refractivity (Wildman–Crippen MR) is 81.9 cm³/mol. The van der Waals surface area contributed by atoms with Crippen LogP contribution in [0.3, 0.4) is 0 Å². The lowest BCUT2D eigenvalue weighted by Crippen LogP contribution is -2.07. The second-order valence-corrected chi connectivity index (χ2v) is 5.14. The fourth-order valence-corrected chi connectivity index (χ4v) is 2.64. The molecule has 5 heteroatoms. The van der Waals surface area contributed by atoms with E-state index in [4.69, 9.17) is 14.6 Å². The molecule has 4 nitrogen and oxygen atoms in total. The van der Waals surface area contributed by atoms with Crippen molar-refractivity contribution >= 4 is 17.0 Å². The molecular formula is C15H19NO3S. The van der Waals surface area contributed by atoms with E-state index < -0.39 is 0 Å². The number of methoxy groups -OCH3 is 1. The van der Waals surface area contributed by atoms with Crippen molar-refractivity contribution in [2.45, 2.75) is 13.0 Å². The Kier molecular flexibility index (Phi) is 5.26. The first-order valence-corrected chi connectivity index (χ1v) is 7.39. The van der Waals surface area contributed by atoms with E-state index in [0.29, 0.717) is 11.5 Å². The summed E-state index contributed by atoms with van der Waals surface area (Å²) >= 11 is 1.69. The molecule has 0 saturated carbocycles. The number of hydrogen-bond donors (Lipinski definition) is 2. The van der Waals surface area contributed by atoms with Crippen molar-refractivity contribution in [2.24, 2.45) is 0 Å². The van der Waals surface area contributed by atoms with Crippen LogP contribution in [0.1, 0.15) is 18.5 Å². The quantitative estimate of drug-likeness (QED) is 0.822. The summed E-state index contributed by atoms with van der Waals surface area (Å²) in [6, 6.07) is 8.02. The predicted octanol–water partition coefficient (Wildman–Crippen LogP) is 3.30. The highest BCUT2D eigenvalue weighted by atomic mass is 32.1. The van der Waals surface area contributed by atoms with Crippen molar-refractivity contribution in [3.63, 3.8) is 0 Å². The number of aliphatic hydroxyl groups excluding tert-OH is 1. The third-order valence-corrected chi connectivity index (χ3v) is 3.64. The van der Waals surface area contributed by atoms with Crippen LogP contribution in [0.25, 0.3) is 0 Å². The third-order valence-electron chi connectivity index (χ3n) is 2.94. The van der Waals surface area contributed by atoms with Crippen LogP contribution in [-0.2, 0) is 0 Å². The van der Waals surface area contributed by atoms with E-state index in [9.17, 15) is 0 Å². The van der Waals surface area contributed by atoms with Crippen LogP contribution < -0.4 is 14.8 Å². The Morgan fingerprint density at radius 1 is 1.30 bits per heavy atom. The van der Waals surface area contributed by atoms with Gasteiger partial charge in [-0.15, -0.1) is 0 Å². The van der Waals surface area contributed by atoms with Crippen LogP contribution in [0.2, 0.25) is 0 Å². The van der Waals surface area contributed by atoms with Crippen molar-refractivity contribution in [3.8, 4) is 11.5 Å². The molecule has 20 heavy (non-hydrogen) atoms. The first-order valence-electron chi connectivity index (χ1n) is 6.45. The molecular weight excluding hydrogens is 274 g/mol. The summed E-state index contributed by atoms with van der Waals surface area (Å²) in [5.74, 6) is 1.29. The van der Waals surface area contributed by atoms with E-state index in [2.05, 4.69) is 29.1 Å². The molecule has 0 spiro atoms. The van der Waals surface area contributed by atoms with Gasteiger partial charge in [0.05, 0.1) is 13.7 Å². The lowest BCUT2D eigenvalue weighted by Gasteiger charge is -2.16. The molecule has 0 aliphatic heterocycles. The molecule has 1 atom stereocenters. The van der Waals surface area contributed by atoms with Gasteiger partial charge in [0.2, 0.25) is 0 Å². The van der Waals surface area contributed by atoms with Gasteiger partial charge in [0.1, 0.15) is 6.61 Å². The molecule has 0 fully saturated rings. The summed E-state index contributed by atoms with van der Waals surface area (Å²) in [6.07, 6.45) is 0. The first-order chi connectivity index (χ1) is 9.74. The smallest absolute Gasteiger partial charge is 0.163 e. The normalized spacial score (nSPS) is 11.9. The minimum atomic E-state index is -0.0217. The summed E-state index contributed by atoms with van der Waals surface area (Å²) in [5.41, 5.74) is 2.21. The summed E-state index contributed by atoms with van der Waals surface area (Å²) in [4.78, 5) is 0. The minimum Gasteiger partial charge on any atom is -0.493 e. The van der Waals surface area contributed by atoms with Gasteiger partial charge in [-0.2, -0.15) is 11.3 Å². The van der Waals surface area contributed by atoms with Crippen molar-refractivity contribution in [3.05, 3.63) is 40.6 Å². The highest BCUT2D eigenvalue weighted by Crippen LogP contribution is 2.31. The summed E-state index contributed by atoms with van der Waals surface area (Å²) in [6.45, 7) is 2.34. The van der Waals surface area contributed by atoms with E-state index in [1.54, 1.807) is 18.4 Å². The number of hydrogen-bond acceptors (Lipinski definition) is 5. The van der Waals surface area contributed by atoms with Gasteiger partial charge in [-0.3, -0.25) is 0 Å². The van der Waals surface area contributed by atoms with E-state index >= 15 is 0 Å². The molecule has 0 bridgehead atoms. The van der Waals surface area contributed by atoms with Gasteiger partial charge >= 0.3 is 0 Å². The Morgan fingerprint density at radius 3 is 2.80 bits per heavy atom. The van der Waals surface area contributed by atoms with Crippen molar-refractivity contribution < 1.29 is 14.6 Å². The average molecular weight is 293 g/mol. The second kappa shape index (κ2) is 7.17. The van der Waals surface area contributed by atoms with E-state index in [0.717, 1.165) is 5.69 Å². The number of rotatable bonds is 7. The number of benzene rings is 1. The van der Waals surface area contributed by atoms with Crippen molar-refractivity contribution in [1.82, 2.24) is 0 Å². The Labute approximate surface area is 123 Å². The van der Waals surface area contributed by atoms with Crippen LogP contribution in [0.5, 0.6) is 11.5 Å². The van der Waals surface area contributed by atoms with Crippen LogP contribution in [-0.4, -0.2) is 25.4 Å². The molecule has 0 aliphatic carbocycles. The SMILES string of the molecule is COc1ccc(NC(C)c2ccsc2)cc1OCCO. The van der Waals surface area contributed by atoms with Gasteiger partial charge in [0.25, 0.3) is 0 Å². The van der Waals surface area contributed by atoms with E-state index in [1.807, 2.05) is 18.2 Å². The van der Waals surface area contributed by atoms with Gasteiger partial charge in [-0.05, 0) is 41.4 Å². The molecule has 2 N–H and O–H groups in total. The number of aliphatic hydroxyl groups is 1. The maximum atomic E-state index is 8.85. The van der Waals surface area contributed by atoms with Crippen molar-refractivity contribution in [1.29, 1.82) is 0 Å². The summed E-state index contributed by atoms with van der Waals surface area (Å²) in [5, 5.41) is 16.5. The maximum absolute atomic E-state index is 8.85. The van der Waals surface area contributed by atoms with E-state index in [-0.39, 0.29) is 19.3 Å². The number of nitrogens with one attached hydrogen (secondary N) is 1. The molecule has 2 rings (SSSR count). The number of ether oxygens (including phenoxy) is 2. The summed E-state index contributed by atoms with van der Waals surface area (Å²) < 4.78 is 10.7. The zero-order valence-electron chi connectivity index (χ0n) is 11.6. The molecule has 1 unspecified atom stereocenters. The monoisotopic (exact) mass is 293 g/mol. The van der Waals surface area contributed by atoms with Gasteiger partial charge < -0.3 is 19.9 Å². The lowest BCUT2D eigenvalue weighted by molar-refractivity contribution is 0.196. The second-order valence-electron chi connectivity index (χ2n) is 4.36. The fraction of sp³-hybridized carbons (Fsp3) is 0.333. The topological polar surface area (TPSA) is 50.7 Å². The van der Waals surface area contributed by atoms with Crippen LogP contribution in [0.15, 0.2) is 35.0 Å². The largest absolute Gasteiger partial charge is 0.493 e. The highest BCUT2D eigenvalue weighted by Gasteiger charge is 2.09. The van der Waals surface area contributed by atoms with Crippen LogP contribution in [0, 0.1) is 0 Å². The third kappa shape index (κ3) is 3.65. The molecule has 0 amide bonds. The number of anilines is 1. The molecule has 1 aromatic carbocycles. The minimum absolute atomic E-state index is 0.0217. The molecule has 0 aliphatic rings. The molecule has 1 aromatic heterocycles. The standard InChI is InChI=1S/C15H19NO3S/c1-11(12-5-8-20-10-12)16-13-3-4-14(18-2)15(9-13)19-7-6-17/h3-5,8-11,16-17H,6-7H2,1-2H3. The van der Waals surface area contributed by atoms with E-state index in [1.165, 1.54) is 5.56 Å². The molecule has 0 radical (unpaired) electrons. The van der Waals surface area contributed by atoms with Crippen LogP contribution >= 0.6 is 11.3 Å². The van der Waals surface area contributed by atoms with Gasteiger partial charge in [-0.25, -0.2) is 0 Å². The summed E-state index contributed by atoms with van der Waals surface area (Å²) in [7, 11) is 1.60. The van der Waals surface area contributed by atoms with Gasteiger partial charge in [0, 0.05) is 17.8 Å². The molecule has 108 valence electrons. The molecule has 2 aromatic rings. The average Bonchev–Trinajstić information content (AvgIpc) is 2.99. The lowest BCUT2D eigenvalue weighted by atomic mass is 10.1. The first kappa shape index (κ1) is 14.7. The molecule has 0 saturated heterocycles. The van der Waals surface area contributed by atoms with Crippen molar-refractivity contribution in [2.75, 3.05) is 25.6 Å². The Morgan fingerprint density at radius 2 is 2.15 bits per heavy atom. The maximum Gasteiger partial charge on any atom is 0.163 e. The molecule has 1 heterocycles. The Hall–Kier alpha value is -1.72. The zero-order valence-corrected chi connectivity index (χ0v) is 12.4. The number of thiophene rings is 1. The fourth-order valence-electron chi connectivity index (χ4n) is 1.89. The van der Waals surface area contributed by atoms with Gasteiger partial charge in [0.15, 0.2) is 11.5 Å². The Bertz CT molecular complexity index is 528. The van der Waals surface area contributed by atoms with Crippen LogP contribution in [0.4, 0.5) is 5.69 Å². The Balaban J connectivity index is 2.11.